The first-order valence-corrected chi connectivity index (χ1v) is 4.85. The second-order valence-corrected chi connectivity index (χ2v) is 4.24. The van der Waals surface area contributed by atoms with Gasteiger partial charge < -0.3 is 10.4 Å². The summed E-state index contributed by atoms with van der Waals surface area (Å²) in [7, 11) is 0. The van der Waals surface area contributed by atoms with Crippen LogP contribution in [0, 0.1) is 0 Å². The van der Waals surface area contributed by atoms with Gasteiger partial charge in [-0.25, -0.2) is 0 Å². The summed E-state index contributed by atoms with van der Waals surface area (Å²) >= 11 is 0. The molecule has 0 bridgehead atoms. The van der Waals surface area contributed by atoms with Gasteiger partial charge in [0.05, 0.1) is 18.4 Å². The maximum Gasteiger partial charge on any atom is 0.391 e. The summed E-state index contributed by atoms with van der Waals surface area (Å²) < 4.78 is 72.5. The summed E-state index contributed by atoms with van der Waals surface area (Å²) in [6, 6.07) is -0.442. The summed E-state index contributed by atoms with van der Waals surface area (Å²) in [5, 5.41) is 12.9. The van der Waals surface area contributed by atoms with Crippen molar-refractivity contribution in [3.63, 3.8) is 0 Å². The van der Waals surface area contributed by atoms with Crippen LogP contribution < -0.4 is 0 Å². The highest BCUT2D eigenvalue weighted by Crippen LogP contribution is 2.36. The van der Waals surface area contributed by atoms with Crippen molar-refractivity contribution >= 4 is 0 Å². The number of rotatable bonds is 5. The second-order valence-electron chi connectivity index (χ2n) is 4.24. The van der Waals surface area contributed by atoms with E-state index >= 15 is 0 Å². The second kappa shape index (κ2) is 5.43. The SMILES string of the molecule is CC(C)[N-]CC(O)(CC(F)(F)F)CC(F)(F)F. The monoisotopic (exact) mass is 266 g/mol. The number of nitrogens with zero attached hydrogens (tertiary/aromatic N) is 1. The first-order chi connectivity index (χ1) is 7.33. The molecule has 0 spiro atoms. The quantitative estimate of drug-likeness (QED) is 0.760. The molecule has 0 saturated heterocycles. The summed E-state index contributed by atoms with van der Waals surface area (Å²) in [5.41, 5.74) is -2.92. The topological polar surface area (TPSA) is 34.3 Å². The van der Waals surface area contributed by atoms with Crippen LogP contribution in [0.4, 0.5) is 26.3 Å². The molecule has 8 heteroatoms. The van der Waals surface area contributed by atoms with Gasteiger partial charge in [0.15, 0.2) is 0 Å². The fourth-order valence-corrected chi connectivity index (χ4v) is 1.27. The first-order valence-electron chi connectivity index (χ1n) is 4.85. The van der Waals surface area contributed by atoms with E-state index < -0.39 is 43.4 Å². The number of hydrogen-bond acceptors (Lipinski definition) is 1. The normalized spacial score (nSPS) is 14.5. The van der Waals surface area contributed by atoms with Crippen molar-refractivity contribution in [1.29, 1.82) is 0 Å². The third kappa shape index (κ3) is 9.22. The standard InChI is InChI=1S/C9H14F6NO/c1-6(2)16-5-7(17,3-8(10,11)12)4-9(13,14)15/h6,17H,3-5H2,1-2H3/q-1. The molecule has 0 fully saturated rings. The smallest absolute Gasteiger partial charge is 0.391 e. The number of halogens is 6. The minimum absolute atomic E-state index is 0.442. The van der Waals surface area contributed by atoms with Gasteiger partial charge in [0, 0.05) is 0 Å². The Morgan fingerprint density at radius 1 is 0.941 bits per heavy atom. The van der Waals surface area contributed by atoms with Crippen molar-refractivity contribution in [3.05, 3.63) is 5.32 Å². The zero-order chi connectivity index (χ0) is 13.9. The highest BCUT2D eigenvalue weighted by atomic mass is 19.4. The maximum absolute atomic E-state index is 12.1. The molecule has 0 aliphatic rings. The average Bonchev–Trinajstić information content (AvgIpc) is 1.93. The predicted molar refractivity (Wildman–Crippen MR) is 49.7 cm³/mol. The van der Waals surface area contributed by atoms with Crippen LogP contribution in [0.3, 0.4) is 0 Å². The zero-order valence-electron chi connectivity index (χ0n) is 9.36. The van der Waals surface area contributed by atoms with Crippen molar-refractivity contribution < 1.29 is 31.4 Å². The fourth-order valence-electron chi connectivity index (χ4n) is 1.27. The molecule has 17 heavy (non-hydrogen) atoms. The van der Waals surface area contributed by atoms with Gasteiger partial charge >= 0.3 is 12.4 Å². The van der Waals surface area contributed by atoms with E-state index in [9.17, 15) is 31.4 Å². The van der Waals surface area contributed by atoms with Crippen molar-refractivity contribution in [1.82, 2.24) is 0 Å². The van der Waals surface area contributed by atoms with Gasteiger partial charge in [0.1, 0.15) is 0 Å². The van der Waals surface area contributed by atoms with Gasteiger partial charge in [-0.3, -0.25) is 0 Å². The van der Waals surface area contributed by atoms with E-state index in [0.29, 0.717) is 0 Å². The van der Waals surface area contributed by atoms with Gasteiger partial charge in [-0.1, -0.05) is 13.8 Å². The van der Waals surface area contributed by atoms with E-state index in [1.54, 1.807) is 0 Å². The van der Waals surface area contributed by atoms with E-state index in [1.165, 1.54) is 13.8 Å². The van der Waals surface area contributed by atoms with E-state index in [0.717, 1.165) is 0 Å². The summed E-state index contributed by atoms with van der Waals surface area (Å²) in [6.07, 6.45) is -13.6. The lowest BCUT2D eigenvalue weighted by molar-refractivity contribution is -0.212. The summed E-state index contributed by atoms with van der Waals surface area (Å²) in [4.78, 5) is 0. The number of aliphatic hydroxyl groups is 1. The Kier molecular flexibility index (Phi) is 5.27. The van der Waals surface area contributed by atoms with Crippen LogP contribution in [0.2, 0.25) is 0 Å². The molecule has 0 rings (SSSR count). The van der Waals surface area contributed by atoms with Crippen molar-refractivity contribution in [2.75, 3.05) is 6.54 Å². The molecule has 0 aliphatic carbocycles. The van der Waals surface area contributed by atoms with Crippen LogP contribution in [-0.2, 0) is 0 Å². The van der Waals surface area contributed by atoms with Crippen LogP contribution >= 0.6 is 0 Å². The maximum atomic E-state index is 12.1. The highest BCUT2D eigenvalue weighted by molar-refractivity contribution is 4.98. The van der Waals surface area contributed by atoms with E-state index in [2.05, 4.69) is 5.32 Å². The van der Waals surface area contributed by atoms with Crippen molar-refractivity contribution in [3.8, 4) is 0 Å². The predicted octanol–water partition coefficient (Wildman–Crippen LogP) is 3.40. The Hall–Kier alpha value is -0.500. The van der Waals surface area contributed by atoms with Gasteiger partial charge in [0.2, 0.25) is 0 Å². The van der Waals surface area contributed by atoms with E-state index in [1.807, 2.05) is 0 Å². The summed E-state index contributed by atoms with van der Waals surface area (Å²) in [5.74, 6) is 0. The molecule has 0 aromatic carbocycles. The molecule has 104 valence electrons. The molecule has 0 aliphatic heterocycles. The van der Waals surface area contributed by atoms with Crippen molar-refractivity contribution in [2.45, 2.75) is 50.7 Å². The molecule has 0 radical (unpaired) electrons. The molecule has 0 heterocycles. The minimum atomic E-state index is -4.87. The molecule has 1 N–H and O–H groups in total. The Balaban J connectivity index is 4.69. The molecule has 0 aromatic heterocycles. The Labute approximate surface area is 95.0 Å². The number of alkyl halides is 6. The molecule has 0 unspecified atom stereocenters. The molecular formula is C9H14F6NO-. The third-order valence-corrected chi connectivity index (χ3v) is 1.81. The molecule has 0 amide bonds. The Morgan fingerprint density at radius 3 is 1.53 bits per heavy atom. The highest BCUT2D eigenvalue weighted by Gasteiger charge is 2.45. The Morgan fingerprint density at radius 2 is 1.29 bits per heavy atom. The fraction of sp³-hybridized carbons (Fsp3) is 1.00. The van der Waals surface area contributed by atoms with Crippen molar-refractivity contribution in [2.24, 2.45) is 0 Å². The van der Waals surface area contributed by atoms with Crippen LogP contribution in [0.5, 0.6) is 0 Å². The third-order valence-electron chi connectivity index (χ3n) is 1.81. The summed E-state index contributed by atoms with van der Waals surface area (Å²) in [6.45, 7) is 2.12. The van der Waals surface area contributed by atoms with E-state index in [-0.39, 0.29) is 0 Å². The largest absolute Gasteiger partial charge is 0.658 e. The minimum Gasteiger partial charge on any atom is -0.658 e. The van der Waals surface area contributed by atoms with Crippen LogP contribution in [0.1, 0.15) is 26.7 Å². The lowest BCUT2D eigenvalue weighted by Gasteiger charge is -2.38. The molecular weight excluding hydrogens is 252 g/mol. The van der Waals surface area contributed by atoms with Crippen LogP contribution in [-0.4, -0.2) is 35.6 Å². The van der Waals surface area contributed by atoms with Gasteiger partial charge in [-0.2, -0.15) is 26.3 Å². The first kappa shape index (κ1) is 16.5. The van der Waals surface area contributed by atoms with Gasteiger partial charge in [0.25, 0.3) is 0 Å². The molecule has 2 nitrogen and oxygen atoms in total. The number of hydrogen-bond donors (Lipinski definition) is 1. The zero-order valence-corrected chi connectivity index (χ0v) is 9.36. The van der Waals surface area contributed by atoms with Crippen LogP contribution in [0.15, 0.2) is 0 Å². The average molecular weight is 266 g/mol. The van der Waals surface area contributed by atoms with Gasteiger partial charge in [-0.05, 0) is 0 Å². The van der Waals surface area contributed by atoms with Gasteiger partial charge in [-0.15, -0.1) is 12.6 Å². The lowest BCUT2D eigenvalue weighted by atomic mass is 9.94. The Bertz CT molecular complexity index is 219. The molecule has 0 saturated carbocycles. The molecule has 0 atom stereocenters. The lowest BCUT2D eigenvalue weighted by Crippen LogP contribution is -2.42. The van der Waals surface area contributed by atoms with E-state index in [4.69, 9.17) is 0 Å². The van der Waals surface area contributed by atoms with Crippen LogP contribution in [0.25, 0.3) is 5.32 Å². The molecule has 0 aromatic rings.